The molecule has 1 aromatic carbocycles. The van der Waals surface area contributed by atoms with Crippen LogP contribution in [0, 0.1) is 0 Å². The molecule has 0 aliphatic rings. The van der Waals surface area contributed by atoms with E-state index in [1.54, 1.807) is 31.3 Å². The second-order valence-electron chi connectivity index (χ2n) is 4.60. The van der Waals surface area contributed by atoms with Crippen LogP contribution in [0.4, 0.5) is 0 Å². The van der Waals surface area contributed by atoms with E-state index in [-0.39, 0.29) is 24.1 Å². The molecule has 0 saturated carbocycles. The van der Waals surface area contributed by atoms with Crippen molar-refractivity contribution < 1.29 is 14.7 Å². The monoisotopic (exact) mass is 279 g/mol. The maximum Gasteiger partial charge on any atom is 0.241 e. The molecule has 1 unspecified atom stereocenters. The lowest BCUT2D eigenvalue weighted by Gasteiger charge is -2.16. The third-order valence-corrected chi connectivity index (χ3v) is 3.04. The number of hydrogen-bond acceptors (Lipinski definition) is 4. The Labute approximate surface area is 118 Å². The van der Waals surface area contributed by atoms with Gasteiger partial charge >= 0.3 is 0 Å². The van der Waals surface area contributed by atoms with Crippen molar-refractivity contribution in [3.8, 4) is 5.75 Å². The van der Waals surface area contributed by atoms with Crippen LogP contribution in [-0.2, 0) is 16.0 Å². The number of carbonyl (C=O) groups is 2. The van der Waals surface area contributed by atoms with Crippen molar-refractivity contribution in [2.75, 3.05) is 20.1 Å². The topological polar surface area (TPSA) is 95.7 Å². The lowest BCUT2D eigenvalue weighted by Crippen LogP contribution is -2.46. The zero-order valence-electron chi connectivity index (χ0n) is 11.8. The minimum Gasteiger partial charge on any atom is -0.508 e. The van der Waals surface area contributed by atoms with E-state index in [4.69, 9.17) is 10.8 Å². The lowest BCUT2D eigenvalue weighted by molar-refractivity contribution is -0.132. The van der Waals surface area contributed by atoms with E-state index >= 15 is 0 Å². The number of carbonyl (C=O) groups excluding carboxylic acids is 2. The molecule has 6 nitrogen and oxygen atoms in total. The average molecular weight is 279 g/mol. The molecule has 0 aliphatic heterocycles. The van der Waals surface area contributed by atoms with Gasteiger partial charge in [0.15, 0.2) is 0 Å². The average Bonchev–Trinajstić information content (AvgIpc) is 2.45. The van der Waals surface area contributed by atoms with Crippen LogP contribution in [-0.4, -0.2) is 48.0 Å². The molecule has 2 amide bonds. The van der Waals surface area contributed by atoms with Crippen LogP contribution in [0.1, 0.15) is 12.5 Å². The summed E-state index contributed by atoms with van der Waals surface area (Å²) in [4.78, 5) is 24.8. The SMILES string of the molecule is CCN(C)C(=O)CNC(=O)C(N)Cc1ccc(O)cc1. The first-order valence-electron chi connectivity index (χ1n) is 6.49. The summed E-state index contributed by atoms with van der Waals surface area (Å²) < 4.78 is 0. The number of rotatable bonds is 6. The van der Waals surface area contributed by atoms with E-state index in [1.807, 2.05) is 6.92 Å². The third-order valence-electron chi connectivity index (χ3n) is 3.04. The summed E-state index contributed by atoms with van der Waals surface area (Å²) in [5, 5.41) is 11.7. The van der Waals surface area contributed by atoms with Gasteiger partial charge in [0.25, 0.3) is 0 Å². The highest BCUT2D eigenvalue weighted by atomic mass is 16.3. The van der Waals surface area contributed by atoms with E-state index in [2.05, 4.69) is 5.32 Å². The van der Waals surface area contributed by atoms with Crippen LogP contribution >= 0.6 is 0 Å². The number of nitrogens with two attached hydrogens (primary N) is 1. The lowest BCUT2D eigenvalue weighted by atomic mass is 10.1. The van der Waals surface area contributed by atoms with Gasteiger partial charge < -0.3 is 21.1 Å². The Balaban J connectivity index is 2.43. The van der Waals surface area contributed by atoms with Gasteiger partial charge in [-0.1, -0.05) is 12.1 Å². The van der Waals surface area contributed by atoms with Crippen LogP contribution in [0.3, 0.4) is 0 Å². The molecule has 0 saturated heterocycles. The first-order chi connectivity index (χ1) is 9.43. The molecule has 1 atom stereocenters. The molecule has 0 fully saturated rings. The molecule has 1 aromatic rings. The van der Waals surface area contributed by atoms with Crippen molar-refractivity contribution in [3.05, 3.63) is 29.8 Å². The molecule has 20 heavy (non-hydrogen) atoms. The van der Waals surface area contributed by atoms with Gasteiger partial charge in [0, 0.05) is 13.6 Å². The molecule has 0 heterocycles. The Kier molecular flexibility index (Phi) is 5.99. The summed E-state index contributed by atoms with van der Waals surface area (Å²) in [7, 11) is 1.67. The van der Waals surface area contributed by atoms with Gasteiger partial charge in [0.1, 0.15) is 5.75 Å². The standard InChI is InChI=1S/C14H21N3O3/c1-3-17(2)13(19)9-16-14(20)12(15)8-10-4-6-11(18)7-5-10/h4-7,12,18H,3,8-9,15H2,1-2H3,(H,16,20). The fourth-order valence-electron chi connectivity index (χ4n) is 1.58. The minimum absolute atomic E-state index is 0.0492. The molecule has 0 bridgehead atoms. The summed E-state index contributed by atoms with van der Waals surface area (Å²) in [6, 6.07) is 5.77. The maximum absolute atomic E-state index is 11.8. The predicted molar refractivity (Wildman–Crippen MR) is 76.1 cm³/mol. The smallest absolute Gasteiger partial charge is 0.241 e. The van der Waals surface area contributed by atoms with Crippen molar-refractivity contribution >= 4 is 11.8 Å². The highest BCUT2D eigenvalue weighted by Crippen LogP contribution is 2.10. The first kappa shape index (κ1) is 16.0. The number of nitrogens with one attached hydrogen (secondary N) is 1. The van der Waals surface area contributed by atoms with Crippen LogP contribution in [0.25, 0.3) is 0 Å². The number of phenols is 1. The summed E-state index contributed by atoms with van der Waals surface area (Å²) in [5.74, 6) is -0.353. The van der Waals surface area contributed by atoms with Crippen LogP contribution in [0.5, 0.6) is 5.75 Å². The summed E-state index contributed by atoms with van der Waals surface area (Å²) in [6.07, 6.45) is 0.351. The van der Waals surface area contributed by atoms with Gasteiger partial charge in [-0.25, -0.2) is 0 Å². The van der Waals surface area contributed by atoms with E-state index in [1.165, 1.54) is 4.90 Å². The molecule has 0 spiro atoms. The molecule has 0 aliphatic carbocycles. The van der Waals surface area contributed by atoms with Gasteiger partial charge in [-0.2, -0.15) is 0 Å². The minimum atomic E-state index is -0.723. The fraction of sp³-hybridized carbons (Fsp3) is 0.429. The highest BCUT2D eigenvalue weighted by molar-refractivity contribution is 5.87. The molecular weight excluding hydrogens is 258 g/mol. The Morgan fingerprint density at radius 2 is 1.95 bits per heavy atom. The predicted octanol–water partition coefficient (Wildman–Crippen LogP) is -0.143. The molecular formula is C14H21N3O3. The van der Waals surface area contributed by atoms with Crippen LogP contribution < -0.4 is 11.1 Å². The first-order valence-corrected chi connectivity index (χ1v) is 6.49. The largest absolute Gasteiger partial charge is 0.508 e. The van der Waals surface area contributed by atoms with Crippen molar-refractivity contribution in [1.29, 1.82) is 0 Å². The number of nitrogens with zero attached hydrogens (tertiary/aromatic N) is 1. The van der Waals surface area contributed by atoms with Gasteiger partial charge in [-0.05, 0) is 31.0 Å². The van der Waals surface area contributed by atoms with Crippen LogP contribution in [0.2, 0.25) is 0 Å². The molecule has 1 rings (SSSR count). The van der Waals surface area contributed by atoms with Crippen molar-refractivity contribution in [2.45, 2.75) is 19.4 Å². The summed E-state index contributed by atoms with van der Waals surface area (Å²) in [5.41, 5.74) is 6.63. The summed E-state index contributed by atoms with van der Waals surface area (Å²) >= 11 is 0. The van der Waals surface area contributed by atoms with Crippen molar-refractivity contribution in [2.24, 2.45) is 5.73 Å². The Morgan fingerprint density at radius 3 is 2.50 bits per heavy atom. The third kappa shape index (κ3) is 4.89. The number of benzene rings is 1. The number of phenolic OH excluding ortho intramolecular Hbond substituents is 1. The van der Waals surface area contributed by atoms with E-state index in [0.29, 0.717) is 13.0 Å². The Morgan fingerprint density at radius 1 is 1.35 bits per heavy atom. The molecule has 4 N–H and O–H groups in total. The quantitative estimate of drug-likeness (QED) is 0.675. The van der Waals surface area contributed by atoms with Gasteiger partial charge in [-0.15, -0.1) is 0 Å². The van der Waals surface area contributed by atoms with Crippen molar-refractivity contribution in [3.63, 3.8) is 0 Å². The van der Waals surface area contributed by atoms with E-state index in [9.17, 15) is 9.59 Å². The highest BCUT2D eigenvalue weighted by Gasteiger charge is 2.15. The normalized spacial score (nSPS) is 11.8. The van der Waals surface area contributed by atoms with Gasteiger partial charge in [-0.3, -0.25) is 9.59 Å². The fourth-order valence-corrected chi connectivity index (χ4v) is 1.58. The summed E-state index contributed by atoms with van der Waals surface area (Å²) in [6.45, 7) is 2.40. The molecule has 0 aromatic heterocycles. The van der Waals surface area contributed by atoms with Gasteiger partial charge in [0.05, 0.1) is 12.6 Å². The second kappa shape index (κ2) is 7.49. The second-order valence-corrected chi connectivity index (χ2v) is 4.60. The maximum atomic E-state index is 11.8. The van der Waals surface area contributed by atoms with E-state index < -0.39 is 6.04 Å². The molecule has 0 radical (unpaired) electrons. The number of hydrogen-bond donors (Lipinski definition) is 3. The number of aromatic hydroxyl groups is 1. The van der Waals surface area contributed by atoms with Crippen LogP contribution in [0.15, 0.2) is 24.3 Å². The Hall–Kier alpha value is -2.08. The van der Waals surface area contributed by atoms with Gasteiger partial charge in [0.2, 0.25) is 11.8 Å². The van der Waals surface area contributed by atoms with Crippen molar-refractivity contribution in [1.82, 2.24) is 10.2 Å². The zero-order chi connectivity index (χ0) is 15.1. The Bertz CT molecular complexity index is 459. The van der Waals surface area contributed by atoms with E-state index in [0.717, 1.165) is 5.56 Å². The zero-order valence-corrected chi connectivity index (χ0v) is 11.8. The molecule has 6 heteroatoms. The molecule has 110 valence electrons. The number of likely N-dealkylation sites (N-methyl/N-ethyl adjacent to an activating group) is 1. The number of amides is 2.